The predicted octanol–water partition coefficient (Wildman–Crippen LogP) is 3.84. The second-order valence-corrected chi connectivity index (χ2v) is 7.76. The molecule has 8 heteroatoms. The number of rotatable bonds is 0. The van der Waals surface area contributed by atoms with E-state index in [9.17, 15) is 18.0 Å². The average molecular weight is 357 g/mol. The molecule has 0 aromatic carbocycles. The first-order valence-corrected chi connectivity index (χ1v) is 8.31. The summed E-state index contributed by atoms with van der Waals surface area (Å²) in [6.07, 6.45) is -2.83. The van der Waals surface area contributed by atoms with E-state index >= 15 is 0 Å². The number of anilines is 1. The number of aryl methyl sites for hydroxylation is 1. The number of carbonyl (C=O) groups is 1. The molecule has 1 aromatic heterocycles. The van der Waals surface area contributed by atoms with Crippen molar-refractivity contribution in [3.8, 4) is 0 Å². The van der Waals surface area contributed by atoms with Crippen LogP contribution in [0.4, 0.5) is 23.8 Å². The van der Waals surface area contributed by atoms with Gasteiger partial charge in [-0.3, -0.25) is 0 Å². The van der Waals surface area contributed by atoms with Gasteiger partial charge in [-0.05, 0) is 51.7 Å². The van der Waals surface area contributed by atoms with Gasteiger partial charge in [0.1, 0.15) is 17.1 Å². The third kappa shape index (κ3) is 3.82. The number of alkyl halides is 3. The molecule has 1 amide bonds. The van der Waals surface area contributed by atoms with Crippen molar-refractivity contribution in [3.05, 3.63) is 23.4 Å². The molecule has 25 heavy (non-hydrogen) atoms. The highest BCUT2D eigenvalue weighted by atomic mass is 19.4. The quantitative estimate of drug-likeness (QED) is 0.767. The number of carbonyl (C=O) groups excluding carboxylic acids is 1. The lowest BCUT2D eigenvalue weighted by Crippen LogP contribution is -2.46. The fraction of sp³-hybridized carbons (Fsp3) is 0.647. The first-order valence-electron chi connectivity index (χ1n) is 8.31. The molecule has 1 saturated heterocycles. The maximum absolute atomic E-state index is 12.9. The molecule has 3 rings (SSSR count). The van der Waals surface area contributed by atoms with E-state index in [1.54, 1.807) is 25.7 Å². The third-order valence-electron chi connectivity index (χ3n) is 4.53. The SMILES string of the molecule is CC(C)(C)OC(=O)N1CCC2(CCc3ccc(C(F)(F)F)nc3N2)C1. The van der Waals surface area contributed by atoms with Gasteiger partial charge < -0.3 is 15.0 Å². The average Bonchev–Trinajstić information content (AvgIpc) is 2.88. The molecular weight excluding hydrogens is 335 g/mol. The number of hydrogen-bond donors (Lipinski definition) is 1. The van der Waals surface area contributed by atoms with Crippen LogP contribution in [0.2, 0.25) is 0 Å². The van der Waals surface area contributed by atoms with Gasteiger partial charge in [0.15, 0.2) is 0 Å². The summed E-state index contributed by atoms with van der Waals surface area (Å²) in [5, 5.41) is 3.17. The van der Waals surface area contributed by atoms with Crippen LogP contribution >= 0.6 is 0 Å². The van der Waals surface area contributed by atoms with Gasteiger partial charge in [0.05, 0.1) is 5.54 Å². The van der Waals surface area contributed by atoms with Gasteiger partial charge in [0, 0.05) is 13.1 Å². The van der Waals surface area contributed by atoms with Gasteiger partial charge in [-0.2, -0.15) is 13.2 Å². The molecule has 2 aliphatic rings. The van der Waals surface area contributed by atoms with E-state index in [2.05, 4.69) is 10.3 Å². The smallest absolute Gasteiger partial charge is 0.433 e. The molecule has 1 spiro atoms. The number of nitrogens with zero attached hydrogens (tertiary/aromatic N) is 2. The molecule has 1 atom stereocenters. The van der Waals surface area contributed by atoms with Gasteiger partial charge in [-0.15, -0.1) is 0 Å². The molecule has 138 valence electrons. The zero-order valence-corrected chi connectivity index (χ0v) is 14.5. The predicted molar refractivity (Wildman–Crippen MR) is 86.3 cm³/mol. The fourth-order valence-electron chi connectivity index (χ4n) is 3.30. The molecule has 0 radical (unpaired) electrons. The van der Waals surface area contributed by atoms with Gasteiger partial charge in [0.2, 0.25) is 0 Å². The zero-order valence-electron chi connectivity index (χ0n) is 14.5. The minimum Gasteiger partial charge on any atom is -0.444 e. The zero-order chi connectivity index (χ0) is 18.5. The van der Waals surface area contributed by atoms with Gasteiger partial charge in [-0.25, -0.2) is 9.78 Å². The summed E-state index contributed by atoms with van der Waals surface area (Å²) in [5.41, 5.74) is -1.16. The van der Waals surface area contributed by atoms with Crippen LogP contribution in [0.25, 0.3) is 0 Å². The van der Waals surface area contributed by atoms with Crippen LogP contribution in [-0.4, -0.2) is 40.2 Å². The summed E-state index contributed by atoms with van der Waals surface area (Å²) in [4.78, 5) is 17.6. The van der Waals surface area contributed by atoms with Crippen molar-refractivity contribution in [2.24, 2.45) is 0 Å². The Hall–Kier alpha value is -1.99. The molecule has 1 aromatic rings. The van der Waals surface area contributed by atoms with Crippen LogP contribution in [0.3, 0.4) is 0 Å². The van der Waals surface area contributed by atoms with Crippen molar-refractivity contribution >= 4 is 11.9 Å². The van der Waals surface area contributed by atoms with Crippen molar-refractivity contribution in [2.75, 3.05) is 18.4 Å². The van der Waals surface area contributed by atoms with Crippen molar-refractivity contribution in [3.63, 3.8) is 0 Å². The molecule has 2 aliphatic heterocycles. The van der Waals surface area contributed by atoms with Gasteiger partial charge in [0.25, 0.3) is 0 Å². The number of fused-ring (bicyclic) bond motifs is 1. The van der Waals surface area contributed by atoms with Gasteiger partial charge >= 0.3 is 12.3 Å². The Morgan fingerprint density at radius 1 is 1.28 bits per heavy atom. The minimum atomic E-state index is -4.47. The van der Waals surface area contributed by atoms with E-state index in [1.165, 1.54) is 6.07 Å². The van der Waals surface area contributed by atoms with E-state index < -0.39 is 29.1 Å². The topological polar surface area (TPSA) is 54.5 Å². The number of halogens is 3. The molecule has 0 aliphatic carbocycles. The normalized spacial score (nSPS) is 23.4. The lowest BCUT2D eigenvalue weighted by molar-refractivity contribution is -0.141. The highest BCUT2D eigenvalue weighted by Crippen LogP contribution is 2.38. The highest BCUT2D eigenvalue weighted by molar-refractivity contribution is 5.69. The molecule has 1 unspecified atom stereocenters. The Labute approximate surface area is 144 Å². The molecule has 0 saturated carbocycles. The first-order chi connectivity index (χ1) is 11.5. The summed E-state index contributed by atoms with van der Waals surface area (Å²) in [7, 11) is 0. The number of likely N-dealkylation sites (tertiary alicyclic amines) is 1. The fourth-order valence-corrected chi connectivity index (χ4v) is 3.30. The van der Waals surface area contributed by atoms with Crippen molar-refractivity contribution in [1.82, 2.24) is 9.88 Å². The lowest BCUT2D eigenvalue weighted by Gasteiger charge is -2.36. The Bertz CT molecular complexity index is 685. The van der Waals surface area contributed by atoms with E-state index in [1.807, 2.05) is 0 Å². The van der Waals surface area contributed by atoms with E-state index in [-0.39, 0.29) is 5.82 Å². The van der Waals surface area contributed by atoms with Crippen molar-refractivity contribution < 1.29 is 22.7 Å². The number of hydrogen-bond acceptors (Lipinski definition) is 4. The Balaban J connectivity index is 1.75. The molecule has 1 fully saturated rings. The highest BCUT2D eigenvalue weighted by Gasteiger charge is 2.44. The summed E-state index contributed by atoms with van der Waals surface area (Å²) < 4.78 is 44.1. The Kier molecular flexibility index (Phi) is 4.12. The minimum absolute atomic E-state index is 0.270. The first kappa shape index (κ1) is 17.8. The third-order valence-corrected chi connectivity index (χ3v) is 4.53. The van der Waals surface area contributed by atoms with Crippen LogP contribution in [0, 0.1) is 0 Å². The van der Waals surface area contributed by atoms with Crippen LogP contribution < -0.4 is 5.32 Å². The summed E-state index contributed by atoms with van der Waals surface area (Å²) >= 11 is 0. The Morgan fingerprint density at radius 3 is 2.64 bits per heavy atom. The standard InChI is InChI=1S/C17H22F3N3O2/c1-15(2,3)25-14(24)23-9-8-16(10-23)7-6-11-4-5-12(17(18,19)20)21-13(11)22-16/h4-5H,6-10H2,1-3H3,(H,21,22). The van der Waals surface area contributed by atoms with Gasteiger partial charge in [-0.1, -0.05) is 6.07 Å². The number of ether oxygens (including phenoxy) is 1. The largest absolute Gasteiger partial charge is 0.444 e. The van der Waals surface area contributed by atoms with Crippen molar-refractivity contribution in [2.45, 2.75) is 57.3 Å². The maximum atomic E-state index is 12.9. The molecule has 3 heterocycles. The second kappa shape index (κ2) is 5.78. The monoisotopic (exact) mass is 357 g/mol. The summed E-state index contributed by atoms with van der Waals surface area (Å²) in [6, 6.07) is 2.49. The molecule has 0 bridgehead atoms. The van der Waals surface area contributed by atoms with Crippen LogP contribution in [-0.2, 0) is 17.3 Å². The van der Waals surface area contributed by atoms with Crippen LogP contribution in [0.1, 0.15) is 44.9 Å². The van der Waals surface area contributed by atoms with E-state index in [0.717, 1.165) is 18.1 Å². The maximum Gasteiger partial charge on any atom is 0.433 e. The lowest BCUT2D eigenvalue weighted by atomic mass is 9.86. The number of amides is 1. The van der Waals surface area contributed by atoms with E-state index in [4.69, 9.17) is 4.74 Å². The van der Waals surface area contributed by atoms with Crippen LogP contribution in [0.5, 0.6) is 0 Å². The molecular formula is C17H22F3N3O2. The molecule has 1 N–H and O–H groups in total. The summed E-state index contributed by atoms with van der Waals surface area (Å²) in [6.45, 7) is 6.31. The number of nitrogens with one attached hydrogen (secondary N) is 1. The van der Waals surface area contributed by atoms with Crippen LogP contribution in [0.15, 0.2) is 12.1 Å². The number of pyridine rings is 1. The molecule has 5 nitrogen and oxygen atoms in total. The van der Waals surface area contributed by atoms with Crippen molar-refractivity contribution in [1.29, 1.82) is 0 Å². The summed E-state index contributed by atoms with van der Waals surface area (Å²) in [5.74, 6) is 0.270. The second-order valence-electron chi connectivity index (χ2n) is 7.76. The number of aromatic nitrogens is 1. The Morgan fingerprint density at radius 2 is 2.00 bits per heavy atom. The van der Waals surface area contributed by atoms with E-state index in [0.29, 0.717) is 25.9 Å².